The molecule has 0 saturated heterocycles. The van der Waals surface area contributed by atoms with Crippen LogP contribution in [0.5, 0.6) is 11.5 Å². The second-order valence-electron chi connectivity index (χ2n) is 28.4. The summed E-state index contributed by atoms with van der Waals surface area (Å²) in [7, 11) is 2.96. The molecule has 0 aliphatic heterocycles. The number of nitrogens with one attached hydrogen (secondary N) is 8. The van der Waals surface area contributed by atoms with Gasteiger partial charge >= 0.3 is 23.9 Å². The topological polar surface area (TPSA) is 389 Å². The van der Waals surface area contributed by atoms with Crippen LogP contribution in [-0.2, 0) is 65.5 Å². The van der Waals surface area contributed by atoms with Gasteiger partial charge in [-0.15, -0.1) is 0 Å². The molecular formula is C78H106I6N8O18. The van der Waals surface area contributed by atoms with Crippen molar-refractivity contribution in [1.29, 1.82) is 0 Å². The number of amides is 8. The first kappa shape index (κ1) is 98.7. The number of halogens is 6. The van der Waals surface area contributed by atoms with E-state index in [2.05, 4.69) is 115 Å². The first-order chi connectivity index (χ1) is 51.8. The van der Waals surface area contributed by atoms with E-state index in [1.54, 1.807) is 46.8 Å². The number of esters is 1. The lowest BCUT2D eigenvalue weighted by molar-refractivity contribution is -0.158. The summed E-state index contributed by atoms with van der Waals surface area (Å²) in [6.07, 6.45) is 10.2. The maximum absolute atomic E-state index is 13.7. The minimum atomic E-state index is -1.62. The van der Waals surface area contributed by atoms with Crippen molar-refractivity contribution < 1.29 is 87.1 Å². The Hall–Kier alpha value is -5.50. The van der Waals surface area contributed by atoms with E-state index in [-0.39, 0.29) is 48.9 Å². The molecule has 0 radical (unpaired) electrons. The molecule has 4 rings (SSSR count). The SMILES string of the molecule is COc1c(I)cc(I)c(C(=O)N[C@@H](CC(=O)N[C@H](CNC(=O)[C@@H](C)c2ccc(CC(C)C)cc2)C(=O)NCCCCCCCCC(=O)O)C(=O)O)c1I.COc1c(I)cc(I)c(C(=O)N[C@@H](CC(=O)N[C@H](CNC(=O)[C@@H](C)c2ccc(CC(C)C)cc2)C(=O)NCCCCCCCCC(=O)O)C(=O)OC(C)(C)C)c1I. The molecule has 110 heavy (non-hydrogen) atoms. The quantitative estimate of drug-likeness (QED) is 0.0111. The highest BCUT2D eigenvalue weighted by molar-refractivity contribution is 14.1. The van der Waals surface area contributed by atoms with Crippen LogP contribution in [0.1, 0.15) is 220 Å². The molecular weight excluding hydrogens is 2100 g/mol. The molecule has 26 nitrogen and oxygen atoms in total. The molecule has 0 spiro atoms. The second kappa shape index (κ2) is 51.4. The van der Waals surface area contributed by atoms with Crippen molar-refractivity contribution >= 4 is 207 Å². The van der Waals surface area contributed by atoms with E-state index in [9.17, 15) is 62.6 Å². The molecule has 8 amide bonds. The van der Waals surface area contributed by atoms with E-state index in [0.717, 1.165) is 88.0 Å². The van der Waals surface area contributed by atoms with Gasteiger partial charge in [0.15, 0.2) is 0 Å². The summed E-state index contributed by atoms with van der Waals surface area (Å²) in [5.74, 6) is -7.67. The Kier molecular flexibility index (Phi) is 46.1. The number of aliphatic carboxylic acids is 3. The van der Waals surface area contributed by atoms with Crippen LogP contribution in [-0.4, -0.2) is 157 Å². The zero-order chi connectivity index (χ0) is 82.5. The van der Waals surface area contributed by atoms with Gasteiger partial charge in [0.2, 0.25) is 35.4 Å². The summed E-state index contributed by atoms with van der Waals surface area (Å²) in [6.45, 7) is 17.2. The first-order valence-electron chi connectivity index (χ1n) is 36.6. The molecule has 11 N–H and O–H groups in total. The van der Waals surface area contributed by atoms with Gasteiger partial charge in [0.05, 0.1) is 64.3 Å². The molecule has 0 unspecified atom stereocenters. The fraction of sp³-hybridized carbons (Fsp3) is 0.538. The van der Waals surface area contributed by atoms with E-state index in [4.69, 9.17) is 24.4 Å². The summed E-state index contributed by atoms with van der Waals surface area (Å²) in [5, 5.41) is 49.0. The Morgan fingerprint density at radius 2 is 0.755 bits per heavy atom. The van der Waals surface area contributed by atoms with Crippen molar-refractivity contribution in [2.75, 3.05) is 40.4 Å². The van der Waals surface area contributed by atoms with Crippen LogP contribution in [0.2, 0.25) is 0 Å². The first-order valence-corrected chi connectivity index (χ1v) is 43.1. The highest BCUT2D eigenvalue weighted by Gasteiger charge is 2.35. The summed E-state index contributed by atoms with van der Waals surface area (Å²) < 4.78 is 20.2. The van der Waals surface area contributed by atoms with Crippen LogP contribution in [0.15, 0.2) is 60.7 Å². The highest BCUT2D eigenvalue weighted by atomic mass is 127. The van der Waals surface area contributed by atoms with E-state index in [0.29, 0.717) is 76.4 Å². The fourth-order valence-electron chi connectivity index (χ4n) is 11.2. The average molecular weight is 2210 g/mol. The number of carboxylic acid groups (broad SMARTS) is 3. The summed E-state index contributed by atoms with van der Waals surface area (Å²) >= 11 is 12.1. The molecule has 0 bridgehead atoms. The molecule has 0 saturated carbocycles. The Bertz CT molecular complexity index is 3770. The number of rotatable bonds is 46. The number of carboxylic acids is 3. The largest absolute Gasteiger partial charge is 0.495 e. The summed E-state index contributed by atoms with van der Waals surface area (Å²) in [5.41, 5.74) is 3.47. The van der Waals surface area contributed by atoms with E-state index in [1.165, 1.54) is 19.8 Å². The van der Waals surface area contributed by atoms with Gasteiger partial charge in [-0.1, -0.05) is 128 Å². The van der Waals surface area contributed by atoms with E-state index in [1.807, 2.05) is 139 Å². The minimum absolute atomic E-state index is 0.142. The third kappa shape index (κ3) is 36.8. The van der Waals surface area contributed by atoms with Gasteiger partial charge in [0.25, 0.3) is 11.8 Å². The van der Waals surface area contributed by atoms with Crippen LogP contribution in [0.3, 0.4) is 0 Å². The predicted molar refractivity (Wildman–Crippen MR) is 470 cm³/mol. The van der Waals surface area contributed by atoms with Gasteiger partial charge in [-0.2, -0.15) is 0 Å². The fourth-order valence-corrected chi connectivity index (χ4v) is 19.8. The molecule has 608 valence electrons. The third-order valence-corrected chi connectivity index (χ3v) is 22.4. The normalized spacial score (nSPS) is 12.8. The molecule has 0 heterocycles. The Morgan fingerprint density at radius 1 is 0.418 bits per heavy atom. The molecule has 4 aromatic rings. The van der Waals surface area contributed by atoms with Crippen molar-refractivity contribution in [3.05, 3.63) is 115 Å². The molecule has 32 heteroatoms. The van der Waals surface area contributed by atoms with Crippen LogP contribution in [0.25, 0.3) is 0 Å². The molecule has 0 aromatic heterocycles. The maximum Gasteiger partial charge on any atom is 0.329 e. The molecule has 6 atom stereocenters. The Labute approximate surface area is 727 Å². The Morgan fingerprint density at radius 3 is 1.08 bits per heavy atom. The van der Waals surface area contributed by atoms with Crippen molar-refractivity contribution in [2.45, 2.75) is 219 Å². The minimum Gasteiger partial charge on any atom is -0.495 e. The highest BCUT2D eigenvalue weighted by Crippen LogP contribution is 2.35. The van der Waals surface area contributed by atoms with Gasteiger partial charge in [0, 0.05) is 46.2 Å². The Balaban J connectivity index is 0.000000572. The third-order valence-electron chi connectivity index (χ3n) is 17.0. The lowest BCUT2D eigenvalue weighted by atomic mass is 9.96. The summed E-state index contributed by atoms with van der Waals surface area (Å²) in [4.78, 5) is 154. The van der Waals surface area contributed by atoms with Gasteiger partial charge in [-0.3, -0.25) is 47.9 Å². The maximum atomic E-state index is 13.7. The summed E-state index contributed by atoms with van der Waals surface area (Å²) in [6, 6.07) is 13.6. The number of methoxy groups -OCH3 is 2. The van der Waals surface area contributed by atoms with Crippen molar-refractivity contribution in [3.8, 4) is 11.5 Å². The number of hydrogen-bond acceptors (Lipinski definition) is 15. The van der Waals surface area contributed by atoms with Gasteiger partial charge < -0.3 is 72.1 Å². The number of unbranched alkanes of at least 4 members (excludes halogenated alkanes) is 10. The van der Waals surface area contributed by atoms with Crippen LogP contribution < -0.4 is 52.0 Å². The number of hydrogen-bond donors (Lipinski definition) is 11. The molecule has 0 aliphatic rings. The number of benzene rings is 4. The molecule has 0 aliphatic carbocycles. The van der Waals surface area contributed by atoms with Crippen molar-refractivity contribution in [3.63, 3.8) is 0 Å². The van der Waals surface area contributed by atoms with Crippen molar-refractivity contribution in [2.24, 2.45) is 11.8 Å². The lowest BCUT2D eigenvalue weighted by Gasteiger charge is -2.26. The number of carbonyl (C=O) groups excluding carboxylic acids is 9. The van der Waals surface area contributed by atoms with Crippen LogP contribution in [0, 0.1) is 33.3 Å². The smallest absolute Gasteiger partial charge is 0.329 e. The zero-order valence-corrected chi connectivity index (χ0v) is 77.1. The van der Waals surface area contributed by atoms with Crippen LogP contribution in [0.4, 0.5) is 0 Å². The predicted octanol–water partition coefficient (Wildman–Crippen LogP) is 12.5. The van der Waals surface area contributed by atoms with E-state index < -0.39 is 114 Å². The van der Waals surface area contributed by atoms with Gasteiger partial charge in [0.1, 0.15) is 41.3 Å². The van der Waals surface area contributed by atoms with E-state index >= 15 is 0 Å². The van der Waals surface area contributed by atoms with Crippen LogP contribution >= 0.6 is 136 Å². The molecule has 4 aromatic carbocycles. The lowest BCUT2D eigenvalue weighted by Crippen LogP contribution is -2.54. The number of ether oxygens (including phenoxy) is 3. The van der Waals surface area contributed by atoms with Crippen molar-refractivity contribution in [1.82, 2.24) is 42.5 Å². The zero-order valence-electron chi connectivity index (χ0n) is 64.2. The van der Waals surface area contributed by atoms with Gasteiger partial charge in [-0.05, 0) is 255 Å². The van der Waals surface area contributed by atoms with Gasteiger partial charge in [-0.25, -0.2) is 9.59 Å². The molecule has 0 fully saturated rings. The monoisotopic (exact) mass is 2200 g/mol. The average Bonchev–Trinajstić information content (AvgIpc) is 0.803. The number of carbonyl (C=O) groups is 12. The second-order valence-corrected chi connectivity index (χ2v) is 35.2. The standard InChI is InChI=1S/C41H57I3N4O9.C37H49I3N4O9/c1-24(2)20-26-15-17-27(18-16-26)25(3)37(52)46-23-31(38(53)45-19-13-11-9-8-10-12-14-33(50)51)47-32(49)22-30(40(55)57-41(4,5)6)48-39(54)34-28(42)21-29(43)36(56-7)35(34)44;1-21(2)17-23-12-14-24(15-13-23)22(3)34(48)42-20-28(35(49)41-16-10-8-6-5-7-9-11-30(46)47)43-29(45)19-27(37(51)52)44-36(50)31-25(38)18-26(39)33(53-4)32(31)40/h15-18,21,24-25,30-31H,8-14,19-20,22-23H2,1-7H3,(H,45,53)(H,46,52)(H,47,49)(H,48,54)(H,50,51);12-15,18,21-22,27-28H,5-11,16-17,19-20H2,1-4H3,(H,41,49)(H,42,48)(H,43,45)(H,44,50)(H,46,47)(H,51,52)/t25-,30-,31+;22-,27-,28+/m00/s1.